The Morgan fingerprint density at radius 3 is 2.76 bits per heavy atom. The molecule has 3 heterocycles. The molecule has 1 aliphatic heterocycles. The molecule has 0 bridgehead atoms. The molecule has 0 unspecified atom stereocenters. The highest BCUT2D eigenvalue weighted by molar-refractivity contribution is 5.90. The van der Waals surface area contributed by atoms with Crippen LogP contribution in [0.25, 0.3) is 0 Å². The number of carbonyl (C=O) groups is 2. The third kappa shape index (κ3) is 7.66. The van der Waals surface area contributed by atoms with E-state index in [1.807, 2.05) is 0 Å². The standard InChI is InChI=1S/C24H26F3N7O3/c25-23(26)16-3-5-18(6-4-16)37-19-2-1-11-33(14-19)22(36)15-34-13-17(12-30-34)31-21(35)8-10-28-20-7-9-29-24(27)32-20/h3-7,9,12-13,19,23H,1-2,8,10-11,14-15H2,(H,31,35)(H,28,29,32)/t19-/m0/s1. The van der Waals surface area contributed by atoms with Crippen molar-refractivity contribution in [1.82, 2.24) is 24.6 Å². The molecule has 1 saturated heterocycles. The van der Waals surface area contributed by atoms with E-state index in [1.54, 1.807) is 11.1 Å². The maximum absolute atomic E-state index is 13.0. The van der Waals surface area contributed by atoms with Gasteiger partial charge in [0.05, 0.1) is 18.4 Å². The molecule has 1 atom stereocenters. The molecule has 4 rings (SSSR count). The van der Waals surface area contributed by atoms with Gasteiger partial charge in [0.1, 0.15) is 24.2 Å². The van der Waals surface area contributed by atoms with Crippen molar-refractivity contribution in [3.63, 3.8) is 0 Å². The molecule has 0 aliphatic carbocycles. The number of halogens is 3. The summed E-state index contributed by atoms with van der Waals surface area (Å²) >= 11 is 0. The summed E-state index contributed by atoms with van der Waals surface area (Å²) in [5.41, 5.74) is 0.371. The molecular formula is C24H26F3N7O3. The van der Waals surface area contributed by atoms with Crippen LogP contribution >= 0.6 is 0 Å². The molecule has 1 fully saturated rings. The highest BCUT2D eigenvalue weighted by Gasteiger charge is 2.25. The molecule has 2 aromatic heterocycles. The summed E-state index contributed by atoms with van der Waals surface area (Å²) in [5, 5.41) is 9.67. The Morgan fingerprint density at radius 2 is 2.00 bits per heavy atom. The first-order chi connectivity index (χ1) is 17.9. The second-order valence-corrected chi connectivity index (χ2v) is 8.45. The predicted molar refractivity (Wildman–Crippen MR) is 128 cm³/mol. The van der Waals surface area contributed by atoms with Crippen molar-refractivity contribution >= 4 is 23.3 Å². The molecule has 1 aromatic carbocycles. The Labute approximate surface area is 210 Å². The van der Waals surface area contributed by atoms with Gasteiger partial charge in [0.15, 0.2) is 0 Å². The van der Waals surface area contributed by atoms with E-state index in [0.29, 0.717) is 24.5 Å². The summed E-state index contributed by atoms with van der Waals surface area (Å²) in [6, 6.07) is 7.17. The highest BCUT2D eigenvalue weighted by Crippen LogP contribution is 2.24. The van der Waals surface area contributed by atoms with Crippen LogP contribution in [0.5, 0.6) is 5.75 Å². The van der Waals surface area contributed by atoms with Crippen LogP contribution in [0.15, 0.2) is 48.9 Å². The lowest BCUT2D eigenvalue weighted by Gasteiger charge is -2.33. The number of likely N-dealkylation sites (tertiary alicyclic amines) is 1. The Hall–Kier alpha value is -4.16. The second kappa shape index (κ2) is 12.2. The normalized spacial score (nSPS) is 15.5. The first-order valence-electron chi connectivity index (χ1n) is 11.7. The van der Waals surface area contributed by atoms with Gasteiger partial charge in [-0.2, -0.15) is 14.5 Å². The van der Waals surface area contributed by atoms with Crippen LogP contribution in [0.4, 0.5) is 24.7 Å². The number of amides is 2. The maximum atomic E-state index is 13.0. The van der Waals surface area contributed by atoms with Gasteiger partial charge in [-0.15, -0.1) is 0 Å². The number of ether oxygens (including phenoxy) is 1. The molecule has 2 amide bonds. The van der Waals surface area contributed by atoms with Gasteiger partial charge in [-0.1, -0.05) is 0 Å². The molecule has 2 N–H and O–H groups in total. The maximum Gasteiger partial charge on any atom is 0.310 e. The predicted octanol–water partition coefficient (Wildman–Crippen LogP) is 3.26. The van der Waals surface area contributed by atoms with Gasteiger partial charge in [-0.25, -0.2) is 13.8 Å². The van der Waals surface area contributed by atoms with E-state index in [-0.39, 0.29) is 48.8 Å². The SMILES string of the molecule is O=C(CCNc1ccnc(F)n1)Nc1cnn(CC(=O)N2CCC[C@H](Oc3ccc(C(F)F)cc3)C2)c1. The van der Waals surface area contributed by atoms with Crippen LogP contribution < -0.4 is 15.4 Å². The molecule has 37 heavy (non-hydrogen) atoms. The summed E-state index contributed by atoms with van der Waals surface area (Å²) < 4.78 is 45.8. The third-order valence-electron chi connectivity index (χ3n) is 5.66. The van der Waals surface area contributed by atoms with Crippen molar-refractivity contribution < 1.29 is 27.5 Å². The number of aromatic nitrogens is 4. The lowest BCUT2D eigenvalue weighted by atomic mass is 10.1. The van der Waals surface area contributed by atoms with Crippen LogP contribution in [0.3, 0.4) is 0 Å². The van der Waals surface area contributed by atoms with Crippen LogP contribution in [0, 0.1) is 6.08 Å². The van der Waals surface area contributed by atoms with Crippen LogP contribution in [-0.4, -0.2) is 62.2 Å². The van der Waals surface area contributed by atoms with Crippen LogP contribution in [-0.2, 0) is 16.1 Å². The van der Waals surface area contributed by atoms with Gasteiger partial charge in [-0.05, 0) is 43.2 Å². The molecule has 0 spiro atoms. The summed E-state index contributed by atoms with van der Waals surface area (Å²) in [4.78, 5) is 33.6. The van der Waals surface area contributed by atoms with Gasteiger partial charge in [0, 0.05) is 37.5 Å². The van der Waals surface area contributed by atoms with E-state index in [1.165, 1.54) is 47.4 Å². The number of hydrogen-bond acceptors (Lipinski definition) is 7. The topological polar surface area (TPSA) is 114 Å². The van der Waals surface area contributed by atoms with Crippen molar-refractivity contribution in [3.8, 4) is 5.75 Å². The fourth-order valence-electron chi connectivity index (χ4n) is 3.86. The highest BCUT2D eigenvalue weighted by atomic mass is 19.3. The Morgan fingerprint density at radius 1 is 1.19 bits per heavy atom. The molecule has 13 heteroatoms. The van der Waals surface area contributed by atoms with Gasteiger partial charge < -0.3 is 20.3 Å². The average Bonchev–Trinajstić information content (AvgIpc) is 3.31. The first kappa shape index (κ1) is 25.9. The third-order valence-corrected chi connectivity index (χ3v) is 5.66. The summed E-state index contributed by atoms with van der Waals surface area (Å²) in [6.07, 6.45) is 2.26. The molecule has 196 valence electrons. The van der Waals surface area contributed by atoms with Gasteiger partial charge >= 0.3 is 6.08 Å². The van der Waals surface area contributed by atoms with E-state index in [0.717, 1.165) is 12.8 Å². The quantitative estimate of drug-likeness (QED) is 0.397. The van der Waals surface area contributed by atoms with Crippen molar-refractivity contribution in [3.05, 3.63) is 60.6 Å². The molecule has 1 aliphatic rings. The van der Waals surface area contributed by atoms with Crippen LogP contribution in [0.1, 0.15) is 31.3 Å². The van der Waals surface area contributed by atoms with E-state index in [4.69, 9.17) is 4.74 Å². The monoisotopic (exact) mass is 517 g/mol. The Balaban J connectivity index is 1.21. The number of rotatable bonds is 10. The van der Waals surface area contributed by atoms with Crippen molar-refractivity contribution in [1.29, 1.82) is 0 Å². The second-order valence-electron chi connectivity index (χ2n) is 8.45. The summed E-state index contributed by atoms with van der Waals surface area (Å²) in [5.74, 6) is 0.325. The molecule has 0 saturated carbocycles. The number of benzene rings is 1. The fourth-order valence-corrected chi connectivity index (χ4v) is 3.86. The van der Waals surface area contributed by atoms with Crippen molar-refractivity contribution in [2.75, 3.05) is 30.3 Å². The number of nitrogens with zero attached hydrogens (tertiary/aromatic N) is 5. The summed E-state index contributed by atoms with van der Waals surface area (Å²) in [6.45, 7) is 1.19. The average molecular weight is 518 g/mol. The first-order valence-corrected chi connectivity index (χ1v) is 11.7. The number of carbonyl (C=O) groups excluding carboxylic acids is 2. The zero-order chi connectivity index (χ0) is 26.2. The Bertz CT molecular complexity index is 1210. The zero-order valence-corrected chi connectivity index (χ0v) is 19.8. The zero-order valence-electron chi connectivity index (χ0n) is 19.8. The smallest absolute Gasteiger partial charge is 0.310 e. The van der Waals surface area contributed by atoms with E-state index in [2.05, 4.69) is 25.7 Å². The number of hydrogen-bond donors (Lipinski definition) is 2. The molecular weight excluding hydrogens is 491 g/mol. The molecule has 3 aromatic rings. The largest absolute Gasteiger partial charge is 0.489 e. The number of anilines is 2. The summed E-state index contributed by atoms with van der Waals surface area (Å²) in [7, 11) is 0. The van der Waals surface area contributed by atoms with Gasteiger partial charge in [0.2, 0.25) is 11.8 Å². The minimum atomic E-state index is -2.53. The minimum absolute atomic E-state index is 0.00743. The fraction of sp³-hybridized carbons (Fsp3) is 0.375. The molecule has 0 radical (unpaired) electrons. The number of alkyl halides is 2. The number of piperidine rings is 1. The minimum Gasteiger partial charge on any atom is -0.489 e. The van der Waals surface area contributed by atoms with E-state index >= 15 is 0 Å². The lowest BCUT2D eigenvalue weighted by molar-refractivity contribution is -0.134. The van der Waals surface area contributed by atoms with Gasteiger partial charge in [0.25, 0.3) is 6.43 Å². The van der Waals surface area contributed by atoms with Crippen molar-refractivity contribution in [2.24, 2.45) is 0 Å². The van der Waals surface area contributed by atoms with Crippen molar-refractivity contribution in [2.45, 2.75) is 38.3 Å². The van der Waals surface area contributed by atoms with Crippen LogP contribution in [0.2, 0.25) is 0 Å². The lowest BCUT2D eigenvalue weighted by Crippen LogP contribution is -2.45. The van der Waals surface area contributed by atoms with E-state index in [9.17, 15) is 22.8 Å². The van der Waals surface area contributed by atoms with E-state index < -0.39 is 12.5 Å². The number of nitrogens with one attached hydrogen (secondary N) is 2. The van der Waals surface area contributed by atoms with Gasteiger partial charge in [-0.3, -0.25) is 14.3 Å². The Kier molecular flexibility index (Phi) is 8.54. The molecule has 10 nitrogen and oxygen atoms in total.